The summed E-state index contributed by atoms with van der Waals surface area (Å²) in [6.07, 6.45) is 9.02. The maximum Gasteiger partial charge on any atom is 0.341 e. The SMILES string of the molecule is CCOC(=O)c1c(NC(=S)Nc2cnn(Cc3cccc4ccccc34)c2)sc2c1CCCCC2. The predicted molar refractivity (Wildman–Crippen MR) is 147 cm³/mol. The van der Waals surface area contributed by atoms with E-state index in [1.165, 1.54) is 27.6 Å². The lowest BCUT2D eigenvalue weighted by Crippen LogP contribution is -2.20. The van der Waals surface area contributed by atoms with Gasteiger partial charge in [0.2, 0.25) is 0 Å². The predicted octanol–water partition coefficient (Wildman–Crippen LogP) is 6.40. The molecule has 2 aromatic heterocycles. The Labute approximate surface area is 214 Å². The molecule has 0 amide bonds. The molecule has 180 valence electrons. The molecule has 4 aromatic rings. The quantitative estimate of drug-likeness (QED) is 0.180. The van der Waals surface area contributed by atoms with E-state index in [4.69, 9.17) is 17.0 Å². The Morgan fingerprint density at radius 1 is 1.11 bits per heavy atom. The van der Waals surface area contributed by atoms with Crippen molar-refractivity contribution in [1.29, 1.82) is 0 Å². The first kappa shape index (κ1) is 23.5. The number of hydrogen-bond acceptors (Lipinski definition) is 5. The third kappa shape index (κ3) is 5.23. The van der Waals surface area contributed by atoms with Gasteiger partial charge in [-0.1, -0.05) is 48.9 Å². The second kappa shape index (κ2) is 10.6. The van der Waals surface area contributed by atoms with Crippen molar-refractivity contribution < 1.29 is 9.53 Å². The van der Waals surface area contributed by atoms with Crippen LogP contribution >= 0.6 is 23.6 Å². The first-order valence-electron chi connectivity index (χ1n) is 12.0. The molecular formula is C27H28N4O2S2. The van der Waals surface area contributed by atoms with Gasteiger partial charge in [0.15, 0.2) is 5.11 Å². The molecule has 2 aromatic carbocycles. The summed E-state index contributed by atoms with van der Waals surface area (Å²) in [6, 6.07) is 14.7. The van der Waals surface area contributed by atoms with E-state index < -0.39 is 0 Å². The number of aromatic nitrogens is 2. The van der Waals surface area contributed by atoms with Crippen LogP contribution in [0.3, 0.4) is 0 Å². The first-order valence-corrected chi connectivity index (χ1v) is 13.2. The maximum atomic E-state index is 12.8. The summed E-state index contributed by atoms with van der Waals surface area (Å²) in [5.74, 6) is -0.278. The van der Waals surface area contributed by atoms with Crippen LogP contribution in [0.2, 0.25) is 0 Å². The van der Waals surface area contributed by atoms with E-state index in [-0.39, 0.29) is 5.97 Å². The molecule has 35 heavy (non-hydrogen) atoms. The molecule has 0 unspecified atom stereocenters. The van der Waals surface area contributed by atoms with Gasteiger partial charge >= 0.3 is 5.97 Å². The van der Waals surface area contributed by atoms with Crippen molar-refractivity contribution in [1.82, 2.24) is 9.78 Å². The molecule has 1 aliphatic rings. The highest BCUT2D eigenvalue weighted by molar-refractivity contribution is 7.80. The summed E-state index contributed by atoms with van der Waals surface area (Å²) >= 11 is 7.21. The highest BCUT2D eigenvalue weighted by atomic mass is 32.1. The van der Waals surface area contributed by atoms with Gasteiger partial charge in [0.05, 0.1) is 30.6 Å². The summed E-state index contributed by atoms with van der Waals surface area (Å²) < 4.78 is 7.27. The van der Waals surface area contributed by atoms with Crippen LogP contribution in [0.15, 0.2) is 54.9 Å². The fraction of sp³-hybridized carbons (Fsp3) is 0.296. The van der Waals surface area contributed by atoms with Crippen molar-refractivity contribution in [2.75, 3.05) is 17.2 Å². The molecule has 5 rings (SSSR count). The minimum atomic E-state index is -0.278. The number of rotatable bonds is 6. The van der Waals surface area contributed by atoms with Gasteiger partial charge in [-0.3, -0.25) is 4.68 Å². The van der Waals surface area contributed by atoms with E-state index in [1.54, 1.807) is 17.5 Å². The minimum Gasteiger partial charge on any atom is -0.462 e. The number of nitrogens with zero attached hydrogens (tertiary/aromatic N) is 2. The number of ether oxygens (including phenoxy) is 1. The Hall–Kier alpha value is -3.23. The molecule has 8 heteroatoms. The van der Waals surface area contributed by atoms with Gasteiger partial charge < -0.3 is 15.4 Å². The first-order chi connectivity index (χ1) is 17.1. The number of aryl methyl sites for hydroxylation is 1. The van der Waals surface area contributed by atoms with E-state index in [2.05, 4.69) is 58.2 Å². The number of thiocarbonyl (C=S) groups is 1. The second-order valence-corrected chi connectivity index (χ2v) is 10.1. The Morgan fingerprint density at radius 3 is 2.83 bits per heavy atom. The molecule has 0 atom stereocenters. The van der Waals surface area contributed by atoms with Crippen LogP contribution < -0.4 is 10.6 Å². The van der Waals surface area contributed by atoms with Gasteiger partial charge in [0.1, 0.15) is 5.00 Å². The third-order valence-corrected chi connectivity index (χ3v) is 7.64. The number of fused-ring (bicyclic) bond motifs is 2. The zero-order valence-corrected chi connectivity index (χ0v) is 21.3. The number of esters is 1. The lowest BCUT2D eigenvalue weighted by Gasteiger charge is -2.11. The van der Waals surface area contributed by atoms with Crippen LogP contribution in [0.5, 0.6) is 0 Å². The molecular weight excluding hydrogens is 476 g/mol. The number of carbonyl (C=O) groups excluding carboxylic acids is 1. The smallest absolute Gasteiger partial charge is 0.341 e. The van der Waals surface area contributed by atoms with Crippen molar-refractivity contribution in [2.45, 2.75) is 45.6 Å². The average molecular weight is 505 g/mol. The summed E-state index contributed by atoms with van der Waals surface area (Å²) in [4.78, 5) is 14.1. The minimum absolute atomic E-state index is 0.278. The molecule has 0 spiro atoms. The number of nitrogens with one attached hydrogen (secondary N) is 2. The Bertz CT molecular complexity index is 1370. The zero-order valence-electron chi connectivity index (χ0n) is 19.7. The summed E-state index contributed by atoms with van der Waals surface area (Å²) in [6.45, 7) is 2.84. The number of anilines is 2. The molecule has 0 fully saturated rings. The van der Waals surface area contributed by atoms with Crippen molar-refractivity contribution >= 4 is 56.1 Å². The monoisotopic (exact) mass is 504 g/mol. The molecule has 0 radical (unpaired) electrons. The number of carbonyl (C=O) groups is 1. The molecule has 1 aliphatic carbocycles. The molecule has 2 heterocycles. The van der Waals surface area contributed by atoms with Crippen LogP contribution in [0, 0.1) is 0 Å². The van der Waals surface area contributed by atoms with Gasteiger partial charge in [-0.2, -0.15) is 5.10 Å². The zero-order chi connectivity index (χ0) is 24.2. The highest BCUT2D eigenvalue weighted by Gasteiger charge is 2.26. The standard InChI is InChI=1S/C27H28N4O2S2/c1-2-33-26(32)24-22-13-4-3-5-14-23(22)35-25(24)30-27(34)29-20-15-28-31(17-20)16-19-11-8-10-18-9-6-7-12-21(18)19/h6-12,15,17H,2-5,13-14,16H2,1H3,(H2,29,30,34). The summed E-state index contributed by atoms with van der Waals surface area (Å²) in [5, 5.41) is 14.6. The Kier molecular flexibility index (Phi) is 7.11. The largest absolute Gasteiger partial charge is 0.462 e. The van der Waals surface area contributed by atoms with Gasteiger partial charge in [-0.25, -0.2) is 4.79 Å². The molecule has 0 saturated heterocycles. The summed E-state index contributed by atoms with van der Waals surface area (Å²) in [7, 11) is 0. The lowest BCUT2D eigenvalue weighted by molar-refractivity contribution is 0.0527. The number of benzene rings is 2. The maximum absolute atomic E-state index is 12.8. The average Bonchev–Trinajstić information content (AvgIpc) is 3.35. The van der Waals surface area contributed by atoms with E-state index >= 15 is 0 Å². The molecule has 6 nitrogen and oxygen atoms in total. The van der Waals surface area contributed by atoms with Gasteiger partial charge in [0, 0.05) is 11.1 Å². The number of thiophene rings is 1. The Balaban J connectivity index is 1.30. The van der Waals surface area contributed by atoms with Gasteiger partial charge in [-0.15, -0.1) is 11.3 Å². The molecule has 2 N–H and O–H groups in total. The van der Waals surface area contributed by atoms with Crippen molar-refractivity contribution in [3.05, 3.63) is 76.4 Å². The van der Waals surface area contributed by atoms with Crippen LogP contribution in [-0.4, -0.2) is 27.5 Å². The Morgan fingerprint density at radius 2 is 1.94 bits per heavy atom. The van der Waals surface area contributed by atoms with Gasteiger partial charge in [-0.05, 0) is 66.7 Å². The van der Waals surface area contributed by atoms with Crippen molar-refractivity contribution in [3.63, 3.8) is 0 Å². The van der Waals surface area contributed by atoms with E-state index in [1.807, 2.05) is 17.8 Å². The van der Waals surface area contributed by atoms with E-state index in [9.17, 15) is 4.79 Å². The summed E-state index contributed by atoms with van der Waals surface area (Å²) in [5.41, 5.74) is 3.76. The van der Waals surface area contributed by atoms with E-state index in [0.717, 1.165) is 41.9 Å². The van der Waals surface area contributed by atoms with Gasteiger partial charge in [0.25, 0.3) is 0 Å². The molecule has 0 saturated carbocycles. The van der Waals surface area contributed by atoms with Crippen molar-refractivity contribution in [3.8, 4) is 0 Å². The second-order valence-electron chi connectivity index (χ2n) is 8.63. The normalized spacial score (nSPS) is 13.2. The number of hydrogen-bond donors (Lipinski definition) is 2. The molecule has 0 aliphatic heterocycles. The van der Waals surface area contributed by atoms with E-state index in [0.29, 0.717) is 23.8 Å². The van der Waals surface area contributed by atoms with Crippen LogP contribution in [-0.2, 0) is 24.1 Å². The van der Waals surface area contributed by atoms with Crippen LogP contribution in [0.1, 0.15) is 52.5 Å². The van der Waals surface area contributed by atoms with Crippen LogP contribution in [0.4, 0.5) is 10.7 Å². The third-order valence-electron chi connectivity index (χ3n) is 6.23. The fourth-order valence-corrected chi connectivity index (χ4v) is 6.20. The molecule has 0 bridgehead atoms. The van der Waals surface area contributed by atoms with Crippen molar-refractivity contribution in [2.24, 2.45) is 0 Å². The van der Waals surface area contributed by atoms with Crippen LogP contribution in [0.25, 0.3) is 10.8 Å². The topological polar surface area (TPSA) is 68.2 Å². The highest BCUT2D eigenvalue weighted by Crippen LogP contribution is 2.38. The lowest BCUT2D eigenvalue weighted by atomic mass is 10.0. The fourth-order valence-electron chi connectivity index (χ4n) is 4.63.